The number of nitrogens with two attached hydrogens (primary N) is 1. The first-order valence-corrected chi connectivity index (χ1v) is 3.11. The van der Waals surface area contributed by atoms with Crippen molar-refractivity contribution in [1.29, 1.82) is 0 Å². The van der Waals surface area contributed by atoms with E-state index in [4.69, 9.17) is 28.9 Å². The summed E-state index contributed by atoms with van der Waals surface area (Å²) in [6.45, 7) is 0. The SMILES string of the molecule is NC1=NC(Cl)NC=C1Cl. The zero-order chi connectivity index (χ0) is 6.85. The predicted molar refractivity (Wildman–Crippen MR) is 38.3 cm³/mol. The van der Waals surface area contributed by atoms with Crippen LogP contribution in [0.2, 0.25) is 0 Å². The van der Waals surface area contributed by atoms with Crippen LogP contribution in [0, 0.1) is 0 Å². The molecule has 0 aromatic carbocycles. The Kier molecular flexibility index (Phi) is 1.83. The van der Waals surface area contributed by atoms with E-state index in [0.29, 0.717) is 5.03 Å². The molecule has 0 fully saturated rings. The highest BCUT2D eigenvalue weighted by Gasteiger charge is 2.08. The van der Waals surface area contributed by atoms with Crippen LogP contribution in [0.1, 0.15) is 0 Å². The van der Waals surface area contributed by atoms with Crippen molar-refractivity contribution in [3.05, 3.63) is 11.2 Å². The summed E-state index contributed by atoms with van der Waals surface area (Å²) in [5.41, 5.74) is 4.81. The maximum absolute atomic E-state index is 5.52. The number of nitrogens with zero attached hydrogens (tertiary/aromatic N) is 1. The van der Waals surface area contributed by atoms with Crippen molar-refractivity contribution in [3.63, 3.8) is 0 Å². The van der Waals surface area contributed by atoms with Crippen molar-refractivity contribution < 1.29 is 0 Å². The van der Waals surface area contributed by atoms with Gasteiger partial charge in [0.2, 0.25) is 0 Å². The van der Waals surface area contributed by atoms with Gasteiger partial charge in [0, 0.05) is 6.20 Å². The van der Waals surface area contributed by atoms with Crippen LogP contribution < -0.4 is 11.1 Å². The van der Waals surface area contributed by atoms with E-state index in [2.05, 4.69) is 10.3 Å². The van der Waals surface area contributed by atoms with Crippen molar-refractivity contribution in [1.82, 2.24) is 5.32 Å². The summed E-state index contributed by atoms with van der Waals surface area (Å²) in [6, 6.07) is 0. The smallest absolute Gasteiger partial charge is 0.197 e. The molecule has 1 heterocycles. The highest BCUT2D eigenvalue weighted by atomic mass is 35.5. The van der Waals surface area contributed by atoms with Gasteiger partial charge in [0.1, 0.15) is 5.84 Å². The molecule has 1 rings (SSSR count). The van der Waals surface area contributed by atoms with Crippen LogP contribution in [0.25, 0.3) is 0 Å². The summed E-state index contributed by atoms with van der Waals surface area (Å²) in [7, 11) is 0. The molecule has 0 aliphatic carbocycles. The zero-order valence-corrected chi connectivity index (χ0v) is 5.95. The standard InChI is InChI=1S/C4H5Cl2N3/c5-2-1-8-4(6)9-3(2)7/h1,4,8H,(H2,7,9). The fourth-order valence-corrected chi connectivity index (χ4v) is 0.717. The van der Waals surface area contributed by atoms with Crippen LogP contribution in [0.3, 0.4) is 0 Å². The predicted octanol–water partition coefficient (Wildman–Crippen LogP) is 0.549. The van der Waals surface area contributed by atoms with E-state index in [9.17, 15) is 0 Å². The Morgan fingerprint density at radius 2 is 2.44 bits per heavy atom. The molecule has 1 unspecified atom stereocenters. The van der Waals surface area contributed by atoms with Crippen LogP contribution >= 0.6 is 23.2 Å². The number of halogens is 2. The molecule has 0 radical (unpaired) electrons. The molecule has 0 bridgehead atoms. The Hall–Kier alpha value is -0.410. The summed E-state index contributed by atoms with van der Waals surface area (Å²) in [6.07, 6.45) is 1.52. The third-order valence-corrected chi connectivity index (χ3v) is 1.37. The summed E-state index contributed by atoms with van der Waals surface area (Å²) >= 11 is 11.0. The summed E-state index contributed by atoms with van der Waals surface area (Å²) in [5, 5.41) is 3.06. The van der Waals surface area contributed by atoms with Crippen LogP contribution in [0.5, 0.6) is 0 Å². The number of aliphatic imine (C=N–C) groups is 1. The Labute approximate surface area is 62.5 Å². The number of rotatable bonds is 0. The minimum atomic E-state index is -0.479. The average Bonchev–Trinajstić information content (AvgIpc) is 1.80. The number of hydrogen-bond acceptors (Lipinski definition) is 3. The fraction of sp³-hybridized carbons (Fsp3) is 0.250. The summed E-state index contributed by atoms with van der Waals surface area (Å²) < 4.78 is 0. The molecule has 0 aromatic rings. The maximum Gasteiger partial charge on any atom is 0.197 e. The highest BCUT2D eigenvalue weighted by molar-refractivity contribution is 6.43. The zero-order valence-electron chi connectivity index (χ0n) is 4.44. The highest BCUT2D eigenvalue weighted by Crippen LogP contribution is 2.07. The minimum absolute atomic E-state index is 0.274. The monoisotopic (exact) mass is 165 g/mol. The lowest BCUT2D eigenvalue weighted by Crippen LogP contribution is -2.27. The molecule has 50 valence electrons. The lowest BCUT2D eigenvalue weighted by Gasteiger charge is -2.11. The van der Waals surface area contributed by atoms with Gasteiger partial charge >= 0.3 is 0 Å². The van der Waals surface area contributed by atoms with Gasteiger partial charge in [0.05, 0.1) is 5.03 Å². The Morgan fingerprint density at radius 3 is 2.89 bits per heavy atom. The number of amidine groups is 1. The summed E-state index contributed by atoms with van der Waals surface area (Å²) in [5.74, 6) is 0.274. The van der Waals surface area contributed by atoms with Crippen molar-refractivity contribution in [2.24, 2.45) is 10.7 Å². The van der Waals surface area contributed by atoms with E-state index >= 15 is 0 Å². The third kappa shape index (κ3) is 1.50. The first kappa shape index (κ1) is 6.71. The number of alkyl halides is 1. The molecule has 0 spiro atoms. The lowest BCUT2D eigenvalue weighted by atomic mass is 10.5. The van der Waals surface area contributed by atoms with Crippen LogP contribution in [-0.4, -0.2) is 11.5 Å². The fourth-order valence-electron chi connectivity index (χ4n) is 0.437. The van der Waals surface area contributed by atoms with Gasteiger partial charge in [0.25, 0.3) is 0 Å². The Balaban J connectivity index is 2.75. The summed E-state index contributed by atoms with van der Waals surface area (Å²) in [4.78, 5) is 3.71. The van der Waals surface area contributed by atoms with Gasteiger partial charge in [-0.25, -0.2) is 4.99 Å². The van der Waals surface area contributed by atoms with Crippen molar-refractivity contribution in [3.8, 4) is 0 Å². The third-order valence-electron chi connectivity index (χ3n) is 0.845. The lowest BCUT2D eigenvalue weighted by molar-refractivity contribution is 0.796. The van der Waals surface area contributed by atoms with Crippen LogP contribution in [0.15, 0.2) is 16.2 Å². The molecule has 0 saturated carbocycles. The van der Waals surface area contributed by atoms with E-state index in [0.717, 1.165) is 0 Å². The van der Waals surface area contributed by atoms with Gasteiger partial charge in [0.15, 0.2) is 5.62 Å². The first-order valence-electron chi connectivity index (χ1n) is 2.29. The van der Waals surface area contributed by atoms with E-state index in [1.54, 1.807) is 0 Å². The molecule has 5 heteroatoms. The van der Waals surface area contributed by atoms with Gasteiger partial charge in [-0.15, -0.1) is 0 Å². The van der Waals surface area contributed by atoms with Gasteiger partial charge in [-0.05, 0) is 0 Å². The van der Waals surface area contributed by atoms with Gasteiger partial charge in [-0.2, -0.15) is 0 Å². The number of nitrogens with one attached hydrogen (secondary N) is 1. The molecule has 1 aliphatic rings. The molecule has 0 amide bonds. The molecule has 0 saturated heterocycles. The van der Waals surface area contributed by atoms with E-state index in [1.165, 1.54) is 6.20 Å². The molecule has 0 aromatic heterocycles. The second-order valence-electron chi connectivity index (χ2n) is 1.51. The second kappa shape index (κ2) is 2.45. The Bertz CT molecular complexity index is 175. The molecule has 9 heavy (non-hydrogen) atoms. The topological polar surface area (TPSA) is 50.4 Å². The van der Waals surface area contributed by atoms with E-state index in [1.807, 2.05) is 0 Å². The molecule has 1 aliphatic heterocycles. The van der Waals surface area contributed by atoms with E-state index in [-0.39, 0.29) is 5.84 Å². The van der Waals surface area contributed by atoms with Crippen molar-refractivity contribution in [2.45, 2.75) is 5.62 Å². The molecule has 3 N–H and O–H groups in total. The van der Waals surface area contributed by atoms with Crippen molar-refractivity contribution in [2.75, 3.05) is 0 Å². The first-order chi connectivity index (χ1) is 4.20. The van der Waals surface area contributed by atoms with Gasteiger partial charge in [-0.1, -0.05) is 23.2 Å². The largest absolute Gasteiger partial charge is 0.383 e. The normalized spacial score (nSPS) is 26.2. The van der Waals surface area contributed by atoms with Gasteiger partial charge in [-0.3, -0.25) is 0 Å². The molecular formula is C4H5Cl2N3. The second-order valence-corrected chi connectivity index (χ2v) is 2.33. The van der Waals surface area contributed by atoms with E-state index < -0.39 is 5.62 Å². The van der Waals surface area contributed by atoms with Gasteiger partial charge < -0.3 is 11.1 Å². The quantitative estimate of drug-likeness (QED) is 0.407. The maximum atomic E-state index is 5.52. The minimum Gasteiger partial charge on any atom is -0.383 e. The molecule has 1 atom stereocenters. The van der Waals surface area contributed by atoms with Crippen molar-refractivity contribution >= 4 is 29.0 Å². The number of hydrogen-bond donors (Lipinski definition) is 2. The average molecular weight is 166 g/mol. The molecular weight excluding hydrogens is 161 g/mol. The van der Waals surface area contributed by atoms with Crippen LogP contribution in [0.4, 0.5) is 0 Å². The Morgan fingerprint density at radius 1 is 1.78 bits per heavy atom. The van der Waals surface area contributed by atoms with Crippen LogP contribution in [-0.2, 0) is 0 Å². The molecule has 3 nitrogen and oxygen atoms in total.